The smallest absolute Gasteiger partial charge is 0.223 e. The molecule has 38 heavy (non-hydrogen) atoms. The maximum atomic E-state index is 13.8. The van der Waals surface area contributed by atoms with Gasteiger partial charge in [-0.05, 0) is 60.9 Å². The largest absolute Gasteiger partial charge is 0.337 e. The molecule has 1 aliphatic carbocycles. The zero-order chi connectivity index (χ0) is 26.5. The standard InChI is InChI=1S/C32H42ClN3O2/c1-24(37)35-20-19-29-16-17-30(36(29)21-26-11-14-28(33)15-12-26)23-34(22-27-9-5-6-10-31(27)35)32(38)18-13-25-7-3-2-4-8-25/h5-6,9-12,14-15,25,29-30H,2-4,7-8,13,16-23H2,1H3/t29-,30+/m1/s1. The number of hydrogen-bond donors (Lipinski definition) is 0. The fourth-order valence-corrected chi connectivity index (χ4v) is 7.02. The summed E-state index contributed by atoms with van der Waals surface area (Å²) in [6.45, 7) is 4.48. The molecule has 1 saturated heterocycles. The highest BCUT2D eigenvalue weighted by molar-refractivity contribution is 6.30. The van der Waals surface area contributed by atoms with E-state index in [1.165, 1.54) is 37.7 Å². The van der Waals surface area contributed by atoms with Crippen molar-refractivity contribution >= 4 is 29.1 Å². The summed E-state index contributed by atoms with van der Waals surface area (Å²) in [5, 5.41) is 0.749. The van der Waals surface area contributed by atoms with Gasteiger partial charge in [0.1, 0.15) is 0 Å². The first-order chi connectivity index (χ1) is 18.5. The second-order valence-corrected chi connectivity index (χ2v) is 12.0. The summed E-state index contributed by atoms with van der Waals surface area (Å²) in [6.07, 6.45) is 11.2. The van der Waals surface area contributed by atoms with Crippen molar-refractivity contribution < 1.29 is 9.59 Å². The second-order valence-electron chi connectivity index (χ2n) is 11.6. The molecule has 0 unspecified atom stereocenters. The number of nitrogens with zero attached hydrogens (tertiary/aromatic N) is 3. The number of anilines is 1. The third-order valence-corrected chi connectivity index (χ3v) is 9.29. The maximum absolute atomic E-state index is 13.8. The van der Waals surface area contributed by atoms with Crippen molar-refractivity contribution in [3.05, 3.63) is 64.7 Å². The molecule has 1 saturated carbocycles. The van der Waals surface area contributed by atoms with Gasteiger partial charge in [-0.3, -0.25) is 14.5 Å². The third-order valence-electron chi connectivity index (χ3n) is 9.03. The van der Waals surface area contributed by atoms with Gasteiger partial charge in [-0.25, -0.2) is 0 Å². The lowest BCUT2D eigenvalue weighted by molar-refractivity contribution is -0.133. The van der Waals surface area contributed by atoms with Gasteiger partial charge in [0.2, 0.25) is 11.8 Å². The zero-order valence-corrected chi connectivity index (χ0v) is 23.5. The Bertz CT molecular complexity index is 1100. The fourth-order valence-electron chi connectivity index (χ4n) is 6.89. The molecule has 5 nitrogen and oxygen atoms in total. The molecule has 5 rings (SSSR count). The Labute approximate surface area is 233 Å². The second kappa shape index (κ2) is 12.7. The van der Waals surface area contributed by atoms with E-state index in [1.807, 2.05) is 35.2 Å². The van der Waals surface area contributed by atoms with E-state index in [0.717, 1.165) is 55.0 Å². The molecule has 0 radical (unpaired) electrons. The van der Waals surface area contributed by atoms with Gasteiger partial charge in [-0.15, -0.1) is 0 Å². The molecule has 204 valence electrons. The Hall–Kier alpha value is -2.37. The Balaban J connectivity index is 1.42. The van der Waals surface area contributed by atoms with Crippen molar-refractivity contribution in [1.29, 1.82) is 0 Å². The first-order valence-corrected chi connectivity index (χ1v) is 15.0. The number of amides is 2. The summed E-state index contributed by atoms with van der Waals surface area (Å²) >= 11 is 6.16. The van der Waals surface area contributed by atoms with Crippen molar-refractivity contribution in [3.8, 4) is 0 Å². The summed E-state index contributed by atoms with van der Waals surface area (Å²) in [5.74, 6) is 1.01. The monoisotopic (exact) mass is 535 g/mol. The van der Waals surface area contributed by atoms with Crippen LogP contribution in [0.15, 0.2) is 48.5 Å². The molecule has 3 aliphatic rings. The number of para-hydroxylation sites is 1. The van der Waals surface area contributed by atoms with Gasteiger partial charge in [0.25, 0.3) is 0 Å². The van der Waals surface area contributed by atoms with Gasteiger partial charge in [-0.1, -0.05) is 74.0 Å². The van der Waals surface area contributed by atoms with E-state index in [2.05, 4.69) is 28.0 Å². The van der Waals surface area contributed by atoms with Crippen molar-refractivity contribution in [2.75, 3.05) is 18.0 Å². The number of fused-ring (bicyclic) bond motifs is 3. The summed E-state index contributed by atoms with van der Waals surface area (Å²) in [4.78, 5) is 33.3. The molecule has 2 heterocycles. The van der Waals surface area contributed by atoms with E-state index in [-0.39, 0.29) is 11.8 Å². The van der Waals surface area contributed by atoms with Crippen LogP contribution in [0.2, 0.25) is 5.02 Å². The minimum absolute atomic E-state index is 0.0608. The van der Waals surface area contributed by atoms with Crippen LogP contribution in [0.25, 0.3) is 0 Å². The summed E-state index contributed by atoms with van der Waals surface area (Å²) in [7, 11) is 0. The minimum atomic E-state index is 0.0608. The highest BCUT2D eigenvalue weighted by atomic mass is 35.5. The van der Waals surface area contributed by atoms with Crippen LogP contribution in [0, 0.1) is 5.92 Å². The van der Waals surface area contributed by atoms with Gasteiger partial charge in [0.15, 0.2) is 0 Å². The molecule has 6 heteroatoms. The number of carbonyl (C=O) groups excluding carboxylic acids is 2. The third kappa shape index (κ3) is 6.60. The normalized spacial score (nSPS) is 23.1. The predicted molar refractivity (Wildman–Crippen MR) is 154 cm³/mol. The van der Waals surface area contributed by atoms with E-state index in [0.29, 0.717) is 37.5 Å². The Morgan fingerprint density at radius 2 is 1.63 bits per heavy atom. The first-order valence-electron chi connectivity index (χ1n) is 14.6. The molecule has 2 fully saturated rings. The van der Waals surface area contributed by atoms with Gasteiger partial charge in [-0.2, -0.15) is 0 Å². The van der Waals surface area contributed by atoms with Crippen LogP contribution < -0.4 is 4.90 Å². The lowest BCUT2D eigenvalue weighted by atomic mass is 9.86. The average molecular weight is 536 g/mol. The highest BCUT2D eigenvalue weighted by Crippen LogP contribution is 2.33. The van der Waals surface area contributed by atoms with Crippen molar-refractivity contribution in [2.45, 2.75) is 96.3 Å². The average Bonchev–Trinajstić information content (AvgIpc) is 3.28. The van der Waals surface area contributed by atoms with E-state index in [9.17, 15) is 9.59 Å². The molecular formula is C32H42ClN3O2. The molecule has 2 aromatic rings. The van der Waals surface area contributed by atoms with Crippen LogP contribution >= 0.6 is 11.6 Å². The molecule has 2 aliphatic heterocycles. The molecule has 0 aromatic heterocycles. The lowest BCUT2D eigenvalue weighted by Gasteiger charge is -2.34. The quantitative estimate of drug-likeness (QED) is 0.422. The zero-order valence-electron chi connectivity index (χ0n) is 22.8. The van der Waals surface area contributed by atoms with Crippen LogP contribution in [0.4, 0.5) is 5.69 Å². The van der Waals surface area contributed by atoms with Crippen molar-refractivity contribution in [3.63, 3.8) is 0 Å². The first kappa shape index (κ1) is 27.2. The Morgan fingerprint density at radius 1 is 0.895 bits per heavy atom. The Morgan fingerprint density at radius 3 is 2.39 bits per heavy atom. The molecular weight excluding hydrogens is 494 g/mol. The van der Waals surface area contributed by atoms with E-state index in [1.54, 1.807) is 6.92 Å². The van der Waals surface area contributed by atoms with E-state index >= 15 is 0 Å². The van der Waals surface area contributed by atoms with E-state index < -0.39 is 0 Å². The molecule has 2 atom stereocenters. The molecule has 2 bridgehead atoms. The van der Waals surface area contributed by atoms with E-state index in [4.69, 9.17) is 11.6 Å². The summed E-state index contributed by atoms with van der Waals surface area (Å²) < 4.78 is 0. The molecule has 0 N–H and O–H groups in total. The van der Waals surface area contributed by atoms with Crippen molar-refractivity contribution in [1.82, 2.24) is 9.80 Å². The topological polar surface area (TPSA) is 43.9 Å². The lowest BCUT2D eigenvalue weighted by Crippen LogP contribution is -2.45. The number of benzene rings is 2. The number of hydrogen-bond acceptors (Lipinski definition) is 3. The van der Waals surface area contributed by atoms with Gasteiger partial charge in [0, 0.05) is 62.3 Å². The highest BCUT2D eigenvalue weighted by Gasteiger charge is 2.36. The molecule has 2 aromatic carbocycles. The number of carbonyl (C=O) groups is 2. The predicted octanol–water partition coefficient (Wildman–Crippen LogP) is 6.82. The summed E-state index contributed by atoms with van der Waals surface area (Å²) in [5.41, 5.74) is 3.26. The number of rotatable bonds is 5. The molecule has 0 spiro atoms. The SMILES string of the molecule is CC(=O)N1CC[C@H]2CC[C@@H](CN(C(=O)CCC3CCCCC3)Cc3ccccc31)N2Cc1ccc(Cl)cc1. The fraction of sp³-hybridized carbons (Fsp3) is 0.562. The van der Waals surface area contributed by atoms with Gasteiger partial charge >= 0.3 is 0 Å². The van der Waals surface area contributed by atoms with Gasteiger partial charge < -0.3 is 9.80 Å². The maximum Gasteiger partial charge on any atom is 0.223 e. The van der Waals surface area contributed by atoms with Crippen LogP contribution in [0.1, 0.15) is 82.3 Å². The Kier molecular flexibility index (Phi) is 9.06. The van der Waals surface area contributed by atoms with Crippen LogP contribution in [-0.2, 0) is 22.7 Å². The summed E-state index contributed by atoms with van der Waals surface area (Å²) in [6, 6.07) is 17.0. The van der Waals surface area contributed by atoms with Gasteiger partial charge in [0.05, 0.1) is 0 Å². The minimum Gasteiger partial charge on any atom is -0.337 e. The van der Waals surface area contributed by atoms with Crippen molar-refractivity contribution in [2.24, 2.45) is 5.92 Å². The van der Waals surface area contributed by atoms with Crippen LogP contribution in [0.3, 0.4) is 0 Å². The molecule has 2 amide bonds. The van der Waals surface area contributed by atoms with Crippen LogP contribution in [0.5, 0.6) is 0 Å². The van der Waals surface area contributed by atoms with Crippen LogP contribution in [-0.4, -0.2) is 46.8 Å². The number of halogens is 1.